The van der Waals surface area contributed by atoms with Gasteiger partial charge < -0.3 is 15.6 Å². The first-order valence-electron chi connectivity index (χ1n) is 4.36. The van der Waals surface area contributed by atoms with Gasteiger partial charge in [0.25, 0.3) is 0 Å². The molecule has 0 spiro atoms. The molecule has 5 heteroatoms. The van der Waals surface area contributed by atoms with E-state index < -0.39 is 6.04 Å². The molecule has 86 valence electrons. The van der Waals surface area contributed by atoms with Crippen molar-refractivity contribution < 1.29 is 14.2 Å². The van der Waals surface area contributed by atoms with Gasteiger partial charge in [-0.3, -0.25) is 0 Å². The zero-order valence-corrected chi connectivity index (χ0v) is 9.26. The molecule has 3 nitrogen and oxygen atoms in total. The third-order valence-corrected chi connectivity index (χ3v) is 2.00. The first-order chi connectivity index (χ1) is 6.69. The summed E-state index contributed by atoms with van der Waals surface area (Å²) in [5.74, 6) is 0.113. The smallest absolute Gasteiger partial charge is 0.130 e. The molecule has 1 aromatic rings. The molecule has 1 rings (SSSR count). The topological polar surface area (TPSA) is 55.5 Å². The lowest BCUT2D eigenvalue weighted by Crippen LogP contribution is -2.27. The van der Waals surface area contributed by atoms with Crippen molar-refractivity contribution in [3.8, 4) is 5.75 Å². The van der Waals surface area contributed by atoms with E-state index in [1.165, 1.54) is 13.2 Å². The van der Waals surface area contributed by atoms with Gasteiger partial charge in [0, 0.05) is 11.6 Å². The Hall–Kier alpha value is -0.840. The number of rotatable bonds is 4. The predicted octanol–water partition coefficient (Wildman–Crippen LogP) is 1.12. The van der Waals surface area contributed by atoms with Crippen molar-refractivity contribution in [3.63, 3.8) is 0 Å². The molecule has 3 N–H and O–H groups in total. The van der Waals surface area contributed by atoms with E-state index in [0.29, 0.717) is 11.3 Å². The van der Waals surface area contributed by atoms with Crippen molar-refractivity contribution in [2.75, 3.05) is 13.7 Å². The molecule has 0 radical (unpaired) electrons. The Bertz CT molecular complexity index is 309. The highest BCUT2D eigenvalue weighted by atomic mass is 35.5. The molecule has 1 atom stereocenters. The van der Waals surface area contributed by atoms with Crippen LogP contribution in [0.2, 0.25) is 0 Å². The molecule has 0 aromatic heterocycles. The first kappa shape index (κ1) is 14.2. The summed E-state index contributed by atoms with van der Waals surface area (Å²) in [4.78, 5) is 0. The van der Waals surface area contributed by atoms with E-state index in [-0.39, 0.29) is 31.3 Å². The maximum atomic E-state index is 13.3. The molecule has 0 aliphatic heterocycles. The van der Waals surface area contributed by atoms with Gasteiger partial charge in [-0.15, -0.1) is 12.4 Å². The Morgan fingerprint density at radius 1 is 1.53 bits per heavy atom. The van der Waals surface area contributed by atoms with Crippen LogP contribution in [0.15, 0.2) is 18.2 Å². The molecule has 0 aliphatic rings. The Morgan fingerprint density at radius 3 is 2.73 bits per heavy atom. The van der Waals surface area contributed by atoms with Crippen LogP contribution >= 0.6 is 12.4 Å². The lowest BCUT2D eigenvalue weighted by molar-refractivity contribution is 0.263. The highest BCUT2D eigenvalue weighted by Crippen LogP contribution is 2.22. The van der Waals surface area contributed by atoms with Gasteiger partial charge in [0.15, 0.2) is 0 Å². The summed E-state index contributed by atoms with van der Waals surface area (Å²) < 4.78 is 18.3. The van der Waals surface area contributed by atoms with Gasteiger partial charge in [0.2, 0.25) is 0 Å². The number of halogens is 2. The molecular weight excluding hydrogens is 221 g/mol. The van der Waals surface area contributed by atoms with Crippen LogP contribution in [0.4, 0.5) is 4.39 Å². The first-order valence-corrected chi connectivity index (χ1v) is 4.36. The maximum absolute atomic E-state index is 13.3. The second kappa shape index (κ2) is 6.61. The molecule has 0 saturated carbocycles. The average molecular weight is 236 g/mol. The lowest BCUT2D eigenvalue weighted by Gasteiger charge is -2.12. The van der Waals surface area contributed by atoms with E-state index in [1.807, 2.05) is 0 Å². The number of ether oxygens (including phenoxy) is 1. The minimum atomic E-state index is -0.458. The summed E-state index contributed by atoms with van der Waals surface area (Å²) >= 11 is 0. The van der Waals surface area contributed by atoms with E-state index in [0.717, 1.165) is 0 Å². The summed E-state index contributed by atoms with van der Waals surface area (Å²) in [5, 5.41) is 8.76. The van der Waals surface area contributed by atoms with E-state index in [9.17, 15) is 4.39 Å². The Kier molecular flexibility index (Phi) is 6.24. The van der Waals surface area contributed by atoms with Crippen LogP contribution in [0.25, 0.3) is 0 Å². The van der Waals surface area contributed by atoms with Crippen molar-refractivity contribution in [3.05, 3.63) is 29.6 Å². The number of hydrogen-bond acceptors (Lipinski definition) is 3. The van der Waals surface area contributed by atoms with Crippen LogP contribution in [0.3, 0.4) is 0 Å². The number of methoxy groups -OCH3 is 1. The SMILES string of the molecule is COc1cccc(F)c1CC(N)CO.Cl. The fourth-order valence-electron chi connectivity index (χ4n) is 1.25. The van der Waals surface area contributed by atoms with E-state index in [1.54, 1.807) is 12.1 Å². The van der Waals surface area contributed by atoms with Gasteiger partial charge in [-0.05, 0) is 18.6 Å². The summed E-state index contributed by atoms with van der Waals surface area (Å²) in [6.45, 7) is -0.169. The average Bonchev–Trinajstić information content (AvgIpc) is 2.20. The molecule has 15 heavy (non-hydrogen) atoms. The minimum absolute atomic E-state index is 0. The normalized spacial score (nSPS) is 11.7. The van der Waals surface area contributed by atoms with Crippen LogP contribution in [0, 0.1) is 5.82 Å². The third kappa shape index (κ3) is 3.66. The van der Waals surface area contributed by atoms with Crippen molar-refractivity contribution in [2.45, 2.75) is 12.5 Å². The Balaban J connectivity index is 0.00000196. The lowest BCUT2D eigenvalue weighted by atomic mass is 10.1. The largest absolute Gasteiger partial charge is 0.496 e. The summed E-state index contributed by atoms with van der Waals surface area (Å²) in [6.07, 6.45) is 0.270. The maximum Gasteiger partial charge on any atom is 0.130 e. The van der Waals surface area contributed by atoms with E-state index in [4.69, 9.17) is 15.6 Å². The van der Waals surface area contributed by atoms with Crippen molar-refractivity contribution in [2.24, 2.45) is 5.73 Å². The van der Waals surface area contributed by atoms with Crippen molar-refractivity contribution >= 4 is 12.4 Å². The van der Waals surface area contributed by atoms with Gasteiger partial charge in [0.05, 0.1) is 13.7 Å². The Morgan fingerprint density at radius 2 is 2.20 bits per heavy atom. The van der Waals surface area contributed by atoms with Gasteiger partial charge in [-0.1, -0.05) is 6.07 Å². The van der Waals surface area contributed by atoms with Crippen LogP contribution < -0.4 is 10.5 Å². The molecular formula is C10H15ClFNO2. The monoisotopic (exact) mass is 235 g/mol. The predicted molar refractivity (Wildman–Crippen MR) is 59.0 cm³/mol. The standard InChI is InChI=1S/C10H14FNO2.ClH/c1-14-10-4-2-3-9(11)8(10)5-7(12)6-13;/h2-4,7,13H,5-6,12H2,1H3;1H. The minimum Gasteiger partial charge on any atom is -0.496 e. The Labute approximate surface area is 94.5 Å². The fourth-order valence-corrected chi connectivity index (χ4v) is 1.25. The van der Waals surface area contributed by atoms with Gasteiger partial charge in [-0.2, -0.15) is 0 Å². The molecule has 0 saturated heterocycles. The third-order valence-electron chi connectivity index (χ3n) is 2.00. The van der Waals surface area contributed by atoms with Crippen LogP contribution in [0.1, 0.15) is 5.56 Å². The zero-order chi connectivity index (χ0) is 10.6. The molecule has 0 heterocycles. The van der Waals surface area contributed by atoms with Crippen LogP contribution in [0.5, 0.6) is 5.75 Å². The molecule has 0 bridgehead atoms. The van der Waals surface area contributed by atoms with Crippen molar-refractivity contribution in [1.82, 2.24) is 0 Å². The molecule has 0 fully saturated rings. The summed E-state index contributed by atoms with van der Waals surface area (Å²) in [5.41, 5.74) is 5.94. The molecule has 1 aromatic carbocycles. The van der Waals surface area contributed by atoms with Crippen LogP contribution in [-0.4, -0.2) is 24.9 Å². The zero-order valence-electron chi connectivity index (χ0n) is 8.44. The quantitative estimate of drug-likeness (QED) is 0.822. The fraction of sp³-hybridized carbons (Fsp3) is 0.400. The number of aliphatic hydroxyl groups is 1. The number of hydrogen-bond donors (Lipinski definition) is 2. The second-order valence-electron chi connectivity index (χ2n) is 3.07. The molecule has 1 unspecified atom stereocenters. The summed E-state index contributed by atoms with van der Waals surface area (Å²) in [7, 11) is 1.47. The number of aliphatic hydroxyl groups excluding tert-OH is 1. The highest BCUT2D eigenvalue weighted by Gasteiger charge is 2.12. The van der Waals surface area contributed by atoms with E-state index in [2.05, 4.69) is 0 Å². The van der Waals surface area contributed by atoms with Crippen LogP contribution in [-0.2, 0) is 6.42 Å². The highest BCUT2D eigenvalue weighted by molar-refractivity contribution is 5.85. The molecule has 0 amide bonds. The number of benzene rings is 1. The van der Waals surface area contributed by atoms with Gasteiger partial charge in [0.1, 0.15) is 11.6 Å². The van der Waals surface area contributed by atoms with Crippen molar-refractivity contribution in [1.29, 1.82) is 0 Å². The molecule has 0 aliphatic carbocycles. The van der Waals surface area contributed by atoms with Gasteiger partial charge >= 0.3 is 0 Å². The van der Waals surface area contributed by atoms with E-state index >= 15 is 0 Å². The summed E-state index contributed by atoms with van der Waals surface area (Å²) in [6, 6.07) is 4.13. The number of nitrogens with two attached hydrogens (primary N) is 1. The van der Waals surface area contributed by atoms with Gasteiger partial charge in [-0.25, -0.2) is 4.39 Å². The second-order valence-corrected chi connectivity index (χ2v) is 3.07.